The Hall–Kier alpha value is -0.340. The lowest BCUT2D eigenvalue weighted by Gasteiger charge is -2.33. The molecule has 0 bridgehead atoms. The lowest BCUT2D eigenvalue weighted by molar-refractivity contribution is -0.0698. The Labute approximate surface area is 81.6 Å². The largest absolute Gasteiger partial charge is 0.390 e. The first-order chi connectivity index (χ1) is 5.79. The molecular weight excluding hydrogens is 164 g/mol. The zero-order chi connectivity index (χ0) is 10.6. The molecule has 0 heterocycles. The van der Waals surface area contributed by atoms with E-state index in [4.69, 9.17) is 4.74 Å². The second-order valence-electron chi connectivity index (χ2n) is 4.75. The highest BCUT2D eigenvalue weighted by Crippen LogP contribution is 2.26. The van der Waals surface area contributed by atoms with Crippen LogP contribution in [0.1, 0.15) is 34.1 Å². The van der Waals surface area contributed by atoms with E-state index in [0.717, 1.165) is 5.57 Å². The van der Waals surface area contributed by atoms with Gasteiger partial charge in [0.2, 0.25) is 0 Å². The molecule has 0 saturated carbocycles. The molecule has 0 radical (unpaired) electrons. The van der Waals surface area contributed by atoms with E-state index in [0.29, 0.717) is 6.42 Å². The molecule has 2 atom stereocenters. The van der Waals surface area contributed by atoms with E-state index in [1.807, 2.05) is 6.92 Å². The molecule has 2 heteroatoms. The fourth-order valence-electron chi connectivity index (χ4n) is 1.55. The summed E-state index contributed by atoms with van der Waals surface area (Å²) in [5.41, 5.74) is 0.947. The number of hydrogen-bond acceptors (Lipinski definition) is 2. The third-order valence-electron chi connectivity index (χ3n) is 2.01. The molecule has 0 saturated heterocycles. The average Bonchev–Trinajstić information content (AvgIpc) is 1.82. The van der Waals surface area contributed by atoms with Crippen LogP contribution in [-0.4, -0.2) is 24.4 Å². The van der Waals surface area contributed by atoms with Crippen molar-refractivity contribution in [2.24, 2.45) is 5.41 Å². The second kappa shape index (κ2) is 4.77. The van der Waals surface area contributed by atoms with Crippen LogP contribution in [0.25, 0.3) is 0 Å². The molecule has 78 valence electrons. The Bertz CT molecular complexity index is 167. The maximum absolute atomic E-state index is 9.83. The molecule has 0 aliphatic rings. The Morgan fingerprint density at radius 2 is 1.92 bits per heavy atom. The van der Waals surface area contributed by atoms with Crippen molar-refractivity contribution in [2.75, 3.05) is 7.11 Å². The number of hydrogen-bond donors (Lipinski definition) is 1. The van der Waals surface area contributed by atoms with Crippen molar-refractivity contribution in [1.29, 1.82) is 0 Å². The smallest absolute Gasteiger partial charge is 0.0881 e. The van der Waals surface area contributed by atoms with Crippen LogP contribution < -0.4 is 0 Å². The van der Waals surface area contributed by atoms with Crippen LogP contribution in [0, 0.1) is 5.41 Å². The van der Waals surface area contributed by atoms with Crippen LogP contribution in [-0.2, 0) is 4.74 Å². The van der Waals surface area contributed by atoms with Crippen LogP contribution in [0.5, 0.6) is 0 Å². The van der Waals surface area contributed by atoms with Gasteiger partial charge in [-0.15, -0.1) is 6.58 Å². The first-order valence-electron chi connectivity index (χ1n) is 4.64. The summed E-state index contributed by atoms with van der Waals surface area (Å²) in [6, 6.07) is 0. The van der Waals surface area contributed by atoms with E-state index in [1.54, 1.807) is 7.11 Å². The van der Waals surface area contributed by atoms with E-state index in [-0.39, 0.29) is 11.5 Å². The third kappa shape index (κ3) is 4.44. The molecule has 0 aliphatic heterocycles. The van der Waals surface area contributed by atoms with Crippen LogP contribution in [0.3, 0.4) is 0 Å². The molecule has 0 aromatic carbocycles. The Morgan fingerprint density at radius 3 is 2.15 bits per heavy atom. The summed E-state index contributed by atoms with van der Waals surface area (Å²) >= 11 is 0. The van der Waals surface area contributed by atoms with E-state index >= 15 is 0 Å². The fraction of sp³-hybridized carbons (Fsp3) is 0.818. The fourth-order valence-corrected chi connectivity index (χ4v) is 1.55. The lowest BCUT2D eigenvalue weighted by Crippen LogP contribution is -2.39. The highest BCUT2D eigenvalue weighted by molar-refractivity contribution is 4.94. The highest BCUT2D eigenvalue weighted by Gasteiger charge is 2.30. The van der Waals surface area contributed by atoms with Crippen LogP contribution in [0.4, 0.5) is 0 Å². The molecule has 2 unspecified atom stereocenters. The predicted octanol–water partition coefficient (Wildman–Crippen LogP) is 2.37. The van der Waals surface area contributed by atoms with Gasteiger partial charge in [0, 0.05) is 7.11 Å². The van der Waals surface area contributed by atoms with Gasteiger partial charge in [0.15, 0.2) is 0 Å². The third-order valence-corrected chi connectivity index (χ3v) is 2.01. The van der Waals surface area contributed by atoms with Gasteiger partial charge in [-0.25, -0.2) is 0 Å². The van der Waals surface area contributed by atoms with Crippen molar-refractivity contribution in [3.63, 3.8) is 0 Å². The van der Waals surface area contributed by atoms with E-state index in [9.17, 15) is 5.11 Å². The Kier molecular flexibility index (Phi) is 4.65. The van der Waals surface area contributed by atoms with E-state index in [2.05, 4.69) is 27.4 Å². The summed E-state index contributed by atoms with van der Waals surface area (Å²) in [5.74, 6) is 0. The molecular formula is C11H22O2. The molecule has 0 spiro atoms. The van der Waals surface area contributed by atoms with Crippen LogP contribution >= 0.6 is 0 Å². The number of ether oxygens (including phenoxy) is 1. The molecule has 0 aromatic rings. The number of rotatable bonds is 4. The SMILES string of the molecule is C=C(C)CC(O)C(OC)C(C)(C)C. The molecule has 0 fully saturated rings. The summed E-state index contributed by atoms with van der Waals surface area (Å²) in [7, 11) is 1.64. The van der Waals surface area contributed by atoms with Gasteiger partial charge in [-0.3, -0.25) is 0 Å². The summed E-state index contributed by atoms with van der Waals surface area (Å²) in [4.78, 5) is 0. The van der Waals surface area contributed by atoms with E-state index < -0.39 is 6.10 Å². The molecule has 1 N–H and O–H groups in total. The standard InChI is InChI=1S/C11H22O2/c1-8(2)7-9(12)10(13-6)11(3,4)5/h9-10,12H,1,7H2,2-6H3. The monoisotopic (exact) mass is 186 g/mol. The van der Waals surface area contributed by atoms with Gasteiger partial charge in [0.25, 0.3) is 0 Å². The quantitative estimate of drug-likeness (QED) is 0.683. The van der Waals surface area contributed by atoms with Gasteiger partial charge in [-0.1, -0.05) is 26.3 Å². The topological polar surface area (TPSA) is 29.5 Å². The predicted molar refractivity (Wildman–Crippen MR) is 55.7 cm³/mol. The minimum atomic E-state index is -0.456. The lowest BCUT2D eigenvalue weighted by atomic mass is 9.84. The van der Waals surface area contributed by atoms with Gasteiger partial charge >= 0.3 is 0 Å². The maximum atomic E-state index is 9.83. The zero-order valence-corrected chi connectivity index (χ0v) is 9.42. The van der Waals surface area contributed by atoms with Crippen molar-refractivity contribution in [1.82, 2.24) is 0 Å². The first kappa shape index (κ1) is 12.7. The number of aliphatic hydroxyl groups excluding tert-OH is 1. The Balaban J connectivity index is 4.32. The minimum absolute atomic E-state index is 0.0381. The van der Waals surface area contributed by atoms with Gasteiger partial charge in [-0.2, -0.15) is 0 Å². The maximum Gasteiger partial charge on any atom is 0.0881 e. The van der Waals surface area contributed by atoms with Gasteiger partial charge in [0.1, 0.15) is 0 Å². The summed E-state index contributed by atoms with van der Waals surface area (Å²) in [5, 5.41) is 9.83. The first-order valence-corrected chi connectivity index (χ1v) is 4.64. The summed E-state index contributed by atoms with van der Waals surface area (Å²) in [6.07, 6.45) is 0.0159. The van der Waals surface area contributed by atoms with Gasteiger partial charge in [0.05, 0.1) is 12.2 Å². The normalized spacial score (nSPS) is 16.8. The summed E-state index contributed by atoms with van der Waals surface area (Å²) in [6.45, 7) is 11.9. The molecule has 13 heavy (non-hydrogen) atoms. The van der Waals surface area contributed by atoms with E-state index in [1.165, 1.54) is 0 Å². The molecule has 0 aromatic heterocycles. The van der Waals surface area contributed by atoms with Crippen LogP contribution in [0.2, 0.25) is 0 Å². The molecule has 0 aliphatic carbocycles. The highest BCUT2D eigenvalue weighted by atomic mass is 16.5. The van der Waals surface area contributed by atoms with Gasteiger partial charge in [-0.05, 0) is 18.8 Å². The van der Waals surface area contributed by atoms with Crippen LogP contribution in [0.15, 0.2) is 12.2 Å². The van der Waals surface area contributed by atoms with Gasteiger partial charge < -0.3 is 9.84 Å². The van der Waals surface area contributed by atoms with Crippen molar-refractivity contribution in [2.45, 2.75) is 46.3 Å². The molecule has 2 nitrogen and oxygen atoms in total. The zero-order valence-electron chi connectivity index (χ0n) is 9.42. The van der Waals surface area contributed by atoms with Crippen molar-refractivity contribution in [3.05, 3.63) is 12.2 Å². The molecule has 0 rings (SSSR count). The number of aliphatic hydroxyl groups is 1. The Morgan fingerprint density at radius 1 is 1.46 bits per heavy atom. The van der Waals surface area contributed by atoms with Crippen molar-refractivity contribution in [3.8, 4) is 0 Å². The number of methoxy groups -OCH3 is 1. The van der Waals surface area contributed by atoms with Crippen molar-refractivity contribution < 1.29 is 9.84 Å². The second-order valence-corrected chi connectivity index (χ2v) is 4.75. The molecule has 0 amide bonds. The van der Waals surface area contributed by atoms with Crippen molar-refractivity contribution >= 4 is 0 Å². The average molecular weight is 186 g/mol. The minimum Gasteiger partial charge on any atom is -0.390 e. The summed E-state index contributed by atoms with van der Waals surface area (Å²) < 4.78 is 5.29.